The Morgan fingerprint density at radius 3 is 2.23 bits per heavy atom. The summed E-state index contributed by atoms with van der Waals surface area (Å²) in [6.07, 6.45) is -5.98. The third-order valence-electron chi connectivity index (χ3n) is 5.11. The van der Waals surface area contributed by atoms with Gasteiger partial charge < -0.3 is 9.47 Å². The van der Waals surface area contributed by atoms with Crippen LogP contribution in [0.2, 0.25) is 0 Å². The van der Waals surface area contributed by atoms with E-state index in [1.165, 1.54) is 17.0 Å². The van der Waals surface area contributed by atoms with Crippen LogP contribution in [0.4, 0.5) is 32.8 Å². The van der Waals surface area contributed by atoms with Gasteiger partial charge in [0, 0.05) is 24.3 Å². The average Bonchev–Trinajstić information content (AvgIpc) is 2.84. The molecule has 1 atom stereocenters. The van der Waals surface area contributed by atoms with Gasteiger partial charge in [-0.2, -0.15) is 13.2 Å². The van der Waals surface area contributed by atoms with Crippen LogP contribution in [-0.4, -0.2) is 64.9 Å². The minimum Gasteiger partial charge on any atom is -0.447 e. The minimum absolute atomic E-state index is 0.0691. The summed E-state index contributed by atoms with van der Waals surface area (Å²) in [6.45, 7) is 6.10. The second kappa shape index (κ2) is 14.2. The van der Waals surface area contributed by atoms with Crippen molar-refractivity contribution in [3.05, 3.63) is 53.8 Å². The van der Waals surface area contributed by atoms with E-state index in [-0.39, 0.29) is 43.9 Å². The summed E-state index contributed by atoms with van der Waals surface area (Å²) in [7, 11) is -2.27. The summed E-state index contributed by atoms with van der Waals surface area (Å²) in [4.78, 5) is 37.7. The first-order valence-corrected chi connectivity index (χ1v) is 13.4. The Balaban J connectivity index is 2.00. The van der Waals surface area contributed by atoms with Gasteiger partial charge in [-0.3, -0.25) is 9.69 Å². The van der Waals surface area contributed by atoms with E-state index in [4.69, 9.17) is 9.47 Å². The number of ether oxygens (including phenoxy) is 2. The van der Waals surface area contributed by atoms with E-state index in [1.54, 1.807) is 52.0 Å². The molecule has 0 aliphatic carbocycles. The van der Waals surface area contributed by atoms with E-state index in [9.17, 15) is 31.8 Å². The summed E-state index contributed by atoms with van der Waals surface area (Å²) in [5, 5.41) is 0. The number of benzene rings is 2. The second-order valence-corrected chi connectivity index (χ2v) is 10.7. The Labute approximate surface area is 232 Å². The molecule has 0 spiro atoms. The lowest BCUT2D eigenvalue weighted by molar-refractivity contribution is -0.118. The van der Waals surface area contributed by atoms with E-state index in [2.05, 4.69) is 4.72 Å². The molecule has 2 aromatic carbocycles. The van der Waals surface area contributed by atoms with Crippen LogP contribution in [0.15, 0.2) is 42.5 Å². The van der Waals surface area contributed by atoms with Gasteiger partial charge >= 0.3 is 18.4 Å². The number of nitrogens with zero attached hydrogens (tertiary/aromatic N) is 2. The van der Waals surface area contributed by atoms with E-state index in [1.807, 2.05) is 0 Å². The van der Waals surface area contributed by atoms with Crippen LogP contribution in [0.5, 0.6) is 0 Å². The van der Waals surface area contributed by atoms with Crippen molar-refractivity contribution in [1.82, 2.24) is 9.62 Å². The molecule has 14 heteroatoms. The molecule has 2 aromatic rings. The number of hydrogen-bond donors (Lipinski definition) is 1. The zero-order valence-electron chi connectivity index (χ0n) is 22.4. The molecule has 1 unspecified atom stereocenters. The third kappa shape index (κ3) is 10.6. The number of alkyl halides is 3. The quantitative estimate of drug-likeness (QED) is 0.287. The fourth-order valence-corrected chi connectivity index (χ4v) is 4.03. The lowest BCUT2D eigenvalue weighted by Crippen LogP contribution is -2.39. The molecule has 40 heavy (non-hydrogen) atoms. The molecule has 0 heterocycles. The van der Waals surface area contributed by atoms with Crippen LogP contribution < -0.4 is 9.62 Å². The number of hydrogen-bond acceptors (Lipinski definition) is 6. The van der Waals surface area contributed by atoms with Crippen molar-refractivity contribution in [2.45, 2.75) is 46.0 Å². The highest BCUT2D eigenvalue weighted by Crippen LogP contribution is 2.28. The maximum absolute atomic E-state index is 15.0. The van der Waals surface area contributed by atoms with Crippen molar-refractivity contribution in [3.8, 4) is 11.1 Å². The summed E-state index contributed by atoms with van der Waals surface area (Å²) in [5.41, 5.74) is 0.639. The number of carbonyl (C=O) groups is 3. The first kappa shape index (κ1) is 32.7. The van der Waals surface area contributed by atoms with Gasteiger partial charge in [0.25, 0.3) is 0 Å². The molecule has 3 amide bonds. The van der Waals surface area contributed by atoms with E-state index >= 15 is 4.39 Å². The number of halogens is 4. The van der Waals surface area contributed by atoms with Crippen LogP contribution in [0, 0.1) is 5.82 Å². The second-order valence-electron chi connectivity index (χ2n) is 9.42. The molecule has 0 radical (unpaired) electrons. The van der Waals surface area contributed by atoms with E-state index < -0.39 is 46.5 Å². The predicted octanol–water partition coefficient (Wildman–Crippen LogP) is 5.16. The van der Waals surface area contributed by atoms with Gasteiger partial charge in [-0.25, -0.2) is 27.8 Å². The molecule has 0 saturated carbocycles. The maximum atomic E-state index is 15.0. The lowest BCUT2D eigenvalue weighted by Gasteiger charge is -2.24. The molecule has 0 aliphatic rings. The van der Waals surface area contributed by atoms with Crippen LogP contribution in [0.3, 0.4) is 0 Å². The lowest BCUT2D eigenvalue weighted by atomic mass is 10.0. The van der Waals surface area contributed by atoms with Gasteiger partial charge in [0.2, 0.25) is 6.41 Å². The molecule has 1 N–H and O–H groups in total. The minimum atomic E-state index is -4.55. The fourth-order valence-electron chi connectivity index (χ4n) is 3.31. The molecule has 220 valence electrons. The zero-order chi connectivity index (χ0) is 30.1. The normalized spacial score (nSPS) is 12.4. The number of anilines is 1. The van der Waals surface area contributed by atoms with Crippen molar-refractivity contribution < 1.29 is 45.6 Å². The topological polar surface area (TPSA) is 105 Å². The van der Waals surface area contributed by atoms with E-state index in [0.717, 1.165) is 11.0 Å². The van der Waals surface area contributed by atoms with Crippen molar-refractivity contribution in [2.24, 2.45) is 0 Å². The fraction of sp³-hybridized carbons (Fsp3) is 0.423. The number of nitrogens with one attached hydrogen (secondary N) is 1. The molecule has 2 rings (SSSR count). The monoisotopic (exact) mass is 589 g/mol. The van der Waals surface area contributed by atoms with Gasteiger partial charge in [-0.15, -0.1) is 0 Å². The molecular formula is C26H31F4N3O6S. The predicted molar refractivity (Wildman–Crippen MR) is 141 cm³/mol. The summed E-state index contributed by atoms with van der Waals surface area (Å²) < 4.78 is 75.9. The average molecular weight is 590 g/mol. The Morgan fingerprint density at radius 1 is 1.05 bits per heavy atom. The number of imide groups is 1. The molecule has 0 fully saturated rings. The molecular weight excluding hydrogens is 558 g/mol. The molecule has 0 aliphatic heterocycles. The largest absolute Gasteiger partial charge is 0.447 e. The molecule has 0 aromatic heterocycles. The van der Waals surface area contributed by atoms with Gasteiger partial charge in [0.1, 0.15) is 34.8 Å². The highest BCUT2D eigenvalue weighted by atomic mass is 32.2. The van der Waals surface area contributed by atoms with Crippen molar-refractivity contribution in [2.75, 3.05) is 30.3 Å². The van der Waals surface area contributed by atoms with Gasteiger partial charge in [0.15, 0.2) is 0 Å². The highest BCUT2D eigenvalue weighted by Gasteiger charge is 2.30. The molecule has 0 saturated heterocycles. The molecule has 0 bridgehead atoms. The summed E-state index contributed by atoms with van der Waals surface area (Å²) in [6, 6.07) is 10.4. The highest BCUT2D eigenvalue weighted by molar-refractivity contribution is 7.83. The van der Waals surface area contributed by atoms with Crippen molar-refractivity contribution in [3.63, 3.8) is 0 Å². The Hall–Kier alpha value is -3.52. The summed E-state index contributed by atoms with van der Waals surface area (Å²) >= 11 is 0. The Bertz CT molecular complexity index is 1200. The van der Waals surface area contributed by atoms with Crippen LogP contribution in [0.1, 0.15) is 33.3 Å². The SMILES string of the molecule is CCN(C(=O)OCCN(C=O)C(=O)OC(C)(C)C)c1ccc(-c2ccc(CNS(=O)CC(F)(F)F)cc2)c(F)c1. The Kier molecular flexibility index (Phi) is 11.6. The van der Waals surface area contributed by atoms with Gasteiger partial charge in [0.05, 0.1) is 6.54 Å². The summed E-state index contributed by atoms with van der Waals surface area (Å²) in [5.74, 6) is -2.10. The smallest absolute Gasteiger partial charge is 0.416 e. The van der Waals surface area contributed by atoms with Crippen LogP contribution in [0.25, 0.3) is 11.1 Å². The van der Waals surface area contributed by atoms with E-state index in [0.29, 0.717) is 11.1 Å². The standard InChI is InChI=1S/C26H31F4N3O6S/c1-5-33(24(36)38-13-12-32(17-34)23(35)39-25(2,3)4)20-10-11-21(22(27)14-20)19-8-6-18(7-9-19)15-31-40(37)16-26(28,29)30/h6-11,14,17,31H,5,12-13,15-16H2,1-4H3. The number of rotatable bonds is 11. The first-order chi connectivity index (χ1) is 18.6. The van der Waals surface area contributed by atoms with Crippen molar-refractivity contribution >= 4 is 35.3 Å². The zero-order valence-corrected chi connectivity index (χ0v) is 23.2. The van der Waals surface area contributed by atoms with Gasteiger partial charge in [-0.1, -0.05) is 24.3 Å². The number of carbonyl (C=O) groups excluding carboxylic acids is 3. The molecule has 9 nitrogen and oxygen atoms in total. The maximum Gasteiger partial charge on any atom is 0.416 e. The number of amides is 3. The van der Waals surface area contributed by atoms with Crippen LogP contribution >= 0.6 is 0 Å². The van der Waals surface area contributed by atoms with Crippen LogP contribution in [-0.2, 0) is 31.8 Å². The van der Waals surface area contributed by atoms with Crippen molar-refractivity contribution in [1.29, 1.82) is 0 Å². The third-order valence-corrected chi connectivity index (χ3v) is 6.17. The first-order valence-electron chi connectivity index (χ1n) is 12.1. The van der Waals surface area contributed by atoms with Gasteiger partial charge in [-0.05, 0) is 57.0 Å². The Morgan fingerprint density at radius 2 is 1.70 bits per heavy atom.